The lowest BCUT2D eigenvalue weighted by atomic mass is 9.48. The molecule has 25 heavy (non-hydrogen) atoms. The zero-order valence-corrected chi connectivity index (χ0v) is 16.0. The van der Waals surface area contributed by atoms with E-state index in [0.29, 0.717) is 16.6 Å². The summed E-state index contributed by atoms with van der Waals surface area (Å²) >= 11 is 6.11. The summed E-state index contributed by atoms with van der Waals surface area (Å²) in [5, 5.41) is 1.71. The predicted molar refractivity (Wildman–Crippen MR) is 100 cm³/mol. The molecule has 1 aromatic heterocycles. The summed E-state index contributed by atoms with van der Waals surface area (Å²) in [6, 6.07) is 5.70. The standard InChI is InChI=1S/C20H25ClN2O2/c1-12-14-7-13(21)5-6-15(14)22-17(12)18(24)23-8-16-19(2,3)9-20(16,10-23)11-25-4/h5-7,16,22H,8-11H2,1-4H3/t16-,20-/m1/s1. The number of H-pyrrole nitrogens is 1. The van der Waals surface area contributed by atoms with E-state index in [2.05, 4.69) is 18.8 Å². The molecule has 1 aliphatic heterocycles. The van der Waals surface area contributed by atoms with Crippen LogP contribution in [0, 0.1) is 23.7 Å². The van der Waals surface area contributed by atoms with Crippen molar-refractivity contribution < 1.29 is 9.53 Å². The van der Waals surface area contributed by atoms with Crippen LogP contribution in [0.4, 0.5) is 0 Å². The van der Waals surface area contributed by atoms with E-state index in [4.69, 9.17) is 16.3 Å². The van der Waals surface area contributed by atoms with Gasteiger partial charge < -0.3 is 14.6 Å². The molecule has 2 atom stereocenters. The molecule has 2 aromatic rings. The molecule has 4 nitrogen and oxygen atoms in total. The van der Waals surface area contributed by atoms with Crippen LogP contribution in [0.3, 0.4) is 0 Å². The summed E-state index contributed by atoms with van der Waals surface area (Å²) in [5.74, 6) is 0.591. The number of methoxy groups -OCH3 is 1. The van der Waals surface area contributed by atoms with Crippen LogP contribution in [0.5, 0.6) is 0 Å². The summed E-state index contributed by atoms with van der Waals surface area (Å²) in [6.07, 6.45) is 1.11. The molecule has 2 fully saturated rings. The molecular formula is C20H25ClN2O2. The highest BCUT2D eigenvalue weighted by Crippen LogP contribution is 2.62. The molecular weight excluding hydrogens is 336 g/mol. The number of fused-ring (bicyclic) bond motifs is 2. The van der Waals surface area contributed by atoms with E-state index in [1.165, 1.54) is 0 Å². The zero-order chi connectivity index (χ0) is 18.0. The van der Waals surface area contributed by atoms with Crippen molar-refractivity contribution in [2.24, 2.45) is 16.7 Å². The summed E-state index contributed by atoms with van der Waals surface area (Å²) in [5.41, 5.74) is 3.01. The molecule has 5 heteroatoms. The number of amides is 1. The first kappa shape index (κ1) is 16.9. The van der Waals surface area contributed by atoms with E-state index in [9.17, 15) is 4.79 Å². The summed E-state index contributed by atoms with van der Waals surface area (Å²) in [4.78, 5) is 18.5. The summed E-state index contributed by atoms with van der Waals surface area (Å²) in [7, 11) is 1.76. The number of likely N-dealkylation sites (tertiary alicyclic amines) is 1. The highest BCUT2D eigenvalue weighted by molar-refractivity contribution is 6.31. The van der Waals surface area contributed by atoms with Gasteiger partial charge in [0.05, 0.1) is 6.61 Å². The average Bonchev–Trinajstić information content (AvgIpc) is 3.03. The van der Waals surface area contributed by atoms with Gasteiger partial charge in [-0.25, -0.2) is 0 Å². The van der Waals surface area contributed by atoms with Crippen LogP contribution in [0.15, 0.2) is 18.2 Å². The highest BCUT2D eigenvalue weighted by atomic mass is 35.5. The van der Waals surface area contributed by atoms with Gasteiger partial charge in [-0.2, -0.15) is 0 Å². The van der Waals surface area contributed by atoms with Gasteiger partial charge in [0.25, 0.3) is 5.91 Å². The van der Waals surface area contributed by atoms with Crippen LogP contribution in [0.1, 0.15) is 36.3 Å². The molecule has 1 aliphatic carbocycles. The minimum Gasteiger partial charge on any atom is -0.384 e. The first-order valence-electron chi connectivity index (χ1n) is 8.83. The van der Waals surface area contributed by atoms with Crippen molar-refractivity contribution in [1.82, 2.24) is 9.88 Å². The van der Waals surface area contributed by atoms with Crippen LogP contribution < -0.4 is 0 Å². The van der Waals surface area contributed by atoms with Gasteiger partial charge in [-0.1, -0.05) is 25.4 Å². The lowest BCUT2D eigenvalue weighted by Gasteiger charge is -2.56. The Kier molecular flexibility index (Phi) is 3.71. The van der Waals surface area contributed by atoms with E-state index in [1.807, 2.05) is 30.0 Å². The Morgan fingerprint density at radius 2 is 2.20 bits per heavy atom. The van der Waals surface area contributed by atoms with Gasteiger partial charge in [0.2, 0.25) is 0 Å². The van der Waals surface area contributed by atoms with Crippen molar-refractivity contribution in [2.45, 2.75) is 27.2 Å². The Morgan fingerprint density at radius 1 is 1.44 bits per heavy atom. The van der Waals surface area contributed by atoms with Crippen molar-refractivity contribution in [3.05, 3.63) is 34.5 Å². The predicted octanol–water partition coefficient (Wildman–Crippen LogP) is 4.26. The van der Waals surface area contributed by atoms with E-state index >= 15 is 0 Å². The molecule has 134 valence electrons. The molecule has 0 radical (unpaired) electrons. The van der Waals surface area contributed by atoms with Gasteiger partial charge >= 0.3 is 0 Å². The summed E-state index contributed by atoms with van der Waals surface area (Å²) in [6.45, 7) is 8.91. The number of carbonyl (C=O) groups excluding carboxylic acids is 1. The van der Waals surface area contributed by atoms with Crippen molar-refractivity contribution in [3.8, 4) is 0 Å². The van der Waals surface area contributed by atoms with Crippen molar-refractivity contribution in [1.29, 1.82) is 0 Å². The second kappa shape index (κ2) is 5.49. The number of carbonyl (C=O) groups is 1. The van der Waals surface area contributed by atoms with Gasteiger partial charge in [0.15, 0.2) is 0 Å². The van der Waals surface area contributed by atoms with Gasteiger partial charge in [-0.3, -0.25) is 4.79 Å². The molecule has 1 aromatic carbocycles. The maximum atomic E-state index is 13.2. The smallest absolute Gasteiger partial charge is 0.270 e. The Bertz CT molecular complexity index is 857. The normalized spacial score (nSPS) is 27.4. The fourth-order valence-electron chi connectivity index (χ4n) is 5.43. The van der Waals surface area contributed by atoms with Crippen LogP contribution >= 0.6 is 11.6 Å². The quantitative estimate of drug-likeness (QED) is 0.888. The third-order valence-electron chi connectivity index (χ3n) is 6.35. The number of nitrogens with one attached hydrogen (secondary N) is 1. The second-order valence-electron chi connectivity index (χ2n) is 8.51. The van der Waals surface area contributed by atoms with E-state index in [1.54, 1.807) is 7.11 Å². The van der Waals surface area contributed by atoms with E-state index < -0.39 is 0 Å². The molecule has 0 bridgehead atoms. The molecule has 1 saturated heterocycles. The Morgan fingerprint density at radius 3 is 2.88 bits per heavy atom. The lowest BCUT2D eigenvalue weighted by Crippen LogP contribution is -2.55. The number of aromatic amines is 1. The maximum Gasteiger partial charge on any atom is 0.270 e. The second-order valence-corrected chi connectivity index (χ2v) is 8.95. The van der Waals surface area contributed by atoms with Gasteiger partial charge in [0, 0.05) is 41.5 Å². The molecule has 1 saturated carbocycles. The lowest BCUT2D eigenvalue weighted by molar-refractivity contribution is -0.107. The molecule has 0 spiro atoms. The number of hydrogen-bond donors (Lipinski definition) is 1. The number of aromatic nitrogens is 1. The number of benzene rings is 1. The molecule has 1 N–H and O–H groups in total. The van der Waals surface area contributed by atoms with Crippen molar-refractivity contribution in [3.63, 3.8) is 0 Å². The highest BCUT2D eigenvalue weighted by Gasteiger charge is 2.63. The van der Waals surface area contributed by atoms with E-state index in [0.717, 1.165) is 42.6 Å². The van der Waals surface area contributed by atoms with Crippen molar-refractivity contribution >= 4 is 28.4 Å². The number of ether oxygens (including phenoxy) is 1. The first-order valence-corrected chi connectivity index (χ1v) is 9.21. The molecule has 2 heterocycles. The number of aryl methyl sites for hydroxylation is 1. The summed E-state index contributed by atoms with van der Waals surface area (Å²) < 4.78 is 5.50. The van der Waals surface area contributed by atoms with Crippen LogP contribution in [0.2, 0.25) is 5.02 Å². The van der Waals surface area contributed by atoms with Gasteiger partial charge in [-0.15, -0.1) is 0 Å². The Balaban J connectivity index is 1.65. The molecule has 2 aliphatic rings. The number of rotatable bonds is 3. The van der Waals surface area contributed by atoms with Crippen LogP contribution in [-0.2, 0) is 4.74 Å². The Labute approximate surface area is 153 Å². The number of halogens is 1. The minimum atomic E-state index is 0.0884. The fraction of sp³-hybridized carbons (Fsp3) is 0.550. The zero-order valence-electron chi connectivity index (χ0n) is 15.3. The first-order chi connectivity index (χ1) is 11.8. The van der Waals surface area contributed by atoms with Crippen molar-refractivity contribution in [2.75, 3.05) is 26.8 Å². The van der Waals surface area contributed by atoms with Crippen LogP contribution in [0.25, 0.3) is 10.9 Å². The third kappa shape index (κ3) is 2.42. The maximum absolute atomic E-state index is 13.2. The minimum absolute atomic E-state index is 0.0884. The fourth-order valence-corrected chi connectivity index (χ4v) is 5.61. The molecule has 0 unspecified atom stereocenters. The number of hydrogen-bond acceptors (Lipinski definition) is 2. The van der Waals surface area contributed by atoms with Gasteiger partial charge in [0.1, 0.15) is 5.69 Å². The Hall–Kier alpha value is -1.52. The topological polar surface area (TPSA) is 45.3 Å². The largest absolute Gasteiger partial charge is 0.384 e. The van der Waals surface area contributed by atoms with E-state index in [-0.39, 0.29) is 16.7 Å². The monoisotopic (exact) mass is 360 g/mol. The SMILES string of the molecule is COC[C@@]12CN(C(=O)c3[nH]c4ccc(Cl)cc4c3C)C[C@@H]1C(C)(C)C2. The third-order valence-corrected chi connectivity index (χ3v) is 6.59. The molecule has 4 rings (SSSR count). The van der Waals surface area contributed by atoms with Gasteiger partial charge in [-0.05, 0) is 48.4 Å². The van der Waals surface area contributed by atoms with Crippen LogP contribution in [-0.4, -0.2) is 42.6 Å². The molecule has 1 amide bonds. The average molecular weight is 361 g/mol. The number of nitrogens with zero attached hydrogens (tertiary/aromatic N) is 1.